The Kier molecular flexibility index (Phi) is 6.37. The van der Waals surface area contributed by atoms with E-state index in [9.17, 15) is 9.59 Å². The van der Waals surface area contributed by atoms with E-state index in [1.54, 1.807) is 0 Å². The fourth-order valence-electron chi connectivity index (χ4n) is 2.20. The Labute approximate surface area is 146 Å². The van der Waals surface area contributed by atoms with Gasteiger partial charge in [-0.05, 0) is 49.6 Å². The maximum absolute atomic E-state index is 12.0. The van der Waals surface area contributed by atoms with Gasteiger partial charge in [-0.3, -0.25) is 20.4 Å². The zero-order valence-electron chi connectivity index (χ0n) is 14.1. The molecule has 24 heavy (non-hydrogen) atoms. The van der Waals surface area contributed by atoms with Gasteiger partial charge in [0.05, 0.1) is 17.9 Å². The second kappa shape index (κ2) is 8.49. The van der Waals surface area contributed by atoms with Crippen molar-refractivity contribution in [2.75, 3.05) is 6.61 Å². The lowest BCUT2D eigenvalue weighted by Gasteiger charge is -2.08. The lowest BCUT2D eigenvalue weighted by molar-refractivity contribution is -0.122. The Bertz CT molecular complexity index is 725. The molecule has 0 saturated carbocycles. The number of ether oxygens (including phenoxy) is 1. The zero-order chi connectivity index (χ0) is 17.5. The minimum Gasteiger partial charge on any atom is -0.493 e. The topological polar surface area (TPSA) is 67.4 Å². The number of hydrogen-bond donors (Lipinski definition) is 2. The van der Waals surface area contributed by atoms with Crippen LogP contribution in [-0.4, -0.2) is 18.4 Å². The standard InChI is InChI=1S/C18H22N2O3S/c1-4-15-13(3)11-16(24-15)18(22)20-19-17(21)8-9-23-14-7-5-6-12(2)10-14/h5-7,10-11H,4,8-9H2,1-3H3,(H,19,21)(H,20,22). The normalized spacial score (nSPS) is 10.3. The molecule has 0 radical (unpaired) electrons. The third kappa shape index (κ3) is 5.09. The average Bonchev–Trinajstić information content (AvgIpc) is 2.94. The van der Waals surface area contributed by atoms with Crippen LogP contribution in [0.15, 0.2) is 30.3 Å². The van der Waals surface area contributed by atoms with Crippen LogP contribution in [-0.2, 0) is 11.2 Å². The summed E-state index contributed by atoms with van der Waals surface area (Å²) in [5.41, 5.74) is 7.05. The average molecular weight is 346 g/mol. The molecule has 6 heteroatoms. The van der Waals surface area contributed by atoms with E-state index in [1.165, 1.54) is 16.2 Å². The van der Waals surface area contributed by atoms with E-state index < -0.39 is 0 Å². The van der Waals surface area contributed by atoms with E-state index in [1.807, 2.05) is 44.2 Å². The molecule has 0 spiro atoms. The van der Waals surface area contributed by atoms with Gasteiger partial charge < -0.3 is 4.74 Å². The summed E-state index contributed by atoms with van der Waals surface area (Å²) in [6, 6.07) is 9.47. The van der Waals surface area contributed by atoms with Crippen molar-refractivity contribution in [1.29, 1.82) is 0 Å². The van der Waals surface area contributed by atoms with Gasteiger partial charge in [0, 0.05) is 4.88 Å². The molecule has 0 atom stereocenters. The third-order valence-corrected chi connectivity index (χ3v) is 4.85. The summed E-state index contributed by atoms with van der Waals surface area (Å²) in [6.45, 7) is 6.26. The van der Waals surface area contributed by atoms with Gasteiger partial charge in [0.15, 0.2) is 0 Å². The van der Waals surface area contributed by atoms with Gasteiger partial charge in [-0.1, -0.05) is 19.1 Å². The summed E-state index contributed by atoms with van der Waals surface area (Å²) in [4.78, 5) is 25.6. The first-order chi connectivity index (χ1) is 11.5. The number of rotatable bonds is 6. The maximum atomic E-state index is 12.0. The van der Waals surface area contributed by atoms with Crippen LogP contribution in [0.3, 0.4) is 0 Å². The zero-order valence-corrected chi connectivity index (χ0v) is 15.0. The number of thiophene rings is 1. The minimum atomic E-state index is -0.296. The fraction of sp³-hybridized carbons (Fsp3) is 0.333. The summed E-state index contributed by atoms with van der Waals surface area (Å²) in [5, 5.41) is 0. The summed E-state index contributed by atoms with van der Waals surface area (Å²) < 4.78 is 5.51. The molecule has 0 saturated heterocycles. The predicted octanol–water partition coefficient (Wildman–Crippen LogP) is 3.16. The van der Waals surface area contributed by atoms with Crippen LogP contribution in [0.1, 0.15) is 39.0 Å². The van der Waals surface area contributed by atoms with Crippen LogP contribution in [0.4, 0.5) is 0 Å². The first-order valence-corrected chi connectivity index (χ1v) is 8.69. The van der Waals surface area contributed by atoms with Crippen molar-refractivity contribution in [2.45, 2.75) is 33.6 Å². The van der Waals surface area contributed by atoms with Crippen molar-refractivity contribution < 1.29 is 14.3 Å². The second-order valence-corrected chi connectivity index (χ2v) is 6.62. The first kappa shape index (κ1) is 18.0. The third-order valence-electron chi connectivity index (χ3n) is 3.47. The van der Waals surface area contributed by atoms with Crippen LogP contribution in [0.5, 0.6) is 5.75 Å². The number of carbonyl (C=O) groups excluding carboxylic acids is 2. The molecule has 1 heterocycles. The molecule has 5 nitrogen and oxygen atoms in total. The number of carbonyl (C=O) groups is 2. The van der Waals surface area contributed by atoms with E-state index in [2.05, 4.69) is 17.8 Å². The van der Waals surface area contributed by atoms with Crippen molar-refractivity contribution in [2.24, 2.45) is 0 Å². The highest BCUT2D eigenvalue weighted by Crippen LogP contribution is 2.22. The quantitative estimate of drug-likeness (QED) is 0.790. The Morgan fingerprint density at radius 1 is 1.17 bits per heavy atom. The molecule has 0 unspecified atom stereocenters. The summed E-state index contributed by atoms with van der Waals surface area (Å²) in [7, 11) is 0. The highest BCUT2D eigenvalue weighted by Gasteiger charge is 2.12. The highest BCUT2D eigenvalue weighted by atomic mass is 32.1. The van der Waals surface area contributed by atoms with Crippen LogP contribution >= 0.6 is 11.3 Å². The van der Waals surface area contributed by atoms with Crippen molar-refractivity contribution >= 4 is 23.2 Å². The Balaban J connectivity index is 1.73. The molecule has 0 aliphatic rings. The number of hydrogen-bond acceptors (Lipinski definition) is 4. The SMILES string of the molecule is CCc1sc(C(=O)NNC(=O)CCOc2cccc(C)c2)cc1C. The molecule has 2 N–H and O–H groups in total. The number of aryl methyl sites for hydroxylation is 3. The van der Waals surface area contributed by atoms with Gasteiger partial charge in [0.2, 0.25) is 5.91 Å². The predicted molar refractivity (Wildman–Crippen MR) is 95.3 cm³/mol. The lowest BCUT2D eigenvalue weighted by Crippen LogP contribution is -2.41. The van der Waals surface area contributed by atoms with E-state index in [-0.39, 0.29) is 24.8 Å². The maximum Gasteiger partial charge on any atom is 0.279 e. The molecule has 1 aromatic carbocycles. The summed E-state index contributed by atoms with van der Waals surface area (Å²) in [6.07, 6.45) is 1.06. The molecular weight excluding hydrogens is 324 g/mol. The van der Waals surface area contributed by atoms with E-state index in [4.69, 9.17) is 4.74 Å². The first-order valence-electron chi connectivity index (χ1n) is 7.87. The highest BCUT2D eigenvalue weighted by molar-refractivity contribution is 7.14. The largest absolute Gasteiger partial charge is 0.493 e. The molecule has 0 aliphatic carbocycles. The van der Waals surface area contributed by atoms with Crippen LogP contribution in [0.25, 0.3) is 0 Å². The molecule has 0 aliphatic heterocycles. The number of nitrogens with one attached hydrogen (secondary N) is 2. The van der Waals surface area contributed by atoms with Gasteiger partial charge in [-0.15, -0.1) is 11.3 Å². The van der Waals surface area contributed by atoms with E-state index in [0.717, 1.165) is 23.3 Å². The Hall–Kier alpha value is -2.34. The fourth-order valence-corrected chi connectivity index (χ4v) is 3.21. The van der Waals surface area contributed by atoms with Gasteiger partial charge in [-0.25, -0.2) is 0 Å². The molecular formula is C18H22N2O3S. The molecule has 128 valence electrons. The van der Waals surface area contributed by atoms with Gasteiger partial charge in [0.1, 0.15) is 5.75 Å². The molecule has 2 amide bonds. The lowest BCUT2D eigenvalue weighted by atomic mass is 10.2. The molecule has 0 bridgehead atoms. The van der Waals surface area contributed by atoms with Crippen molar-refractivity contribution in [3.8, 4) is 5.75 Å². The smallest absolute Gasteiger partial charge is 0.279 e. The van der Waals surface area contributed by atoms with Crippen LogP contribution < -0.4 is 15.6 Å². The van der Waals surface area contributed by atoms with Gasteiger partial charge >= 0.3 is 0 Å². The monoisotopic (exact) mass is 346 g/mol. The van der Waals surface area contributed by atoms with E-state index in [0.29, 0.717) is 4.88 Å². The molecule has 0 fully saturated rings. The minimum absolute atomic E-state index is 0.165. The van der Waals surface area contributed by atoms with Gasteiger partial charge in [0.25, 0.3) is 5.91 Å². The van der Waals surface area contributed by atoms with Crippen molar-refractivity contribution in [3.63, 3.8) is 0 Å². The molecule has 2 rings (SSSR count). The number of hydrazine groups is 1. The van der Waals surface area contributed by atoms with Crippen molar-refractivity contribution in [1.82, 2.24) is 10.9 Å². The molecule has 1 aromatic heterocycles. The Morgan fingerprint density at radius 2 is 1.96 bits per heavy atom. The number of benzene rings is 1. The second-order valence-electron chi connectivity index (χ2n) is 5.49. The summed E-state index contributed by atoms with van der Waals surface area (Å²) in [5.74, 6) is 0.142. The van der Waals surface area contributed by atoms with Crippen molar-refractivity contribution in [3.05, 3.63) is 51.2 Å². The number of amides is 2. The molecule has 2 aromatic rings. The summed E-state index contributed by atoms with van der Waals surface area (Å²) >= 11 is 1.45. The van der Waals surface area contributed by atoms with Gasteiger partial charge in [-0.2, -0.15) is 0 Å². The van der Waals surface area contributed by atoms with E-state index >= 15 is 0 Å². The van der Waals surface area contributed by atoms with Crippen LogP contribution in [0, 0.1) is 13.8 Å². The van der Waals surface area contributed by atoms with Crippen LogP contribution in [0.2, 0.25) is 0 Å². The Morgan fingerprint density at radius 3 is 2.62 bits per heavy atom.